The smallest absolute Gasteiger partial charge is 0.196 e. The van der Waals surface area contributed by atoms with Gasteiger partial charge < -0.3 is 14.8 Å². The van der Waals surface area contributed by atoms with E-state index in [1.807, 2.05) is 7.05 Å². The van der Waals surface area contributed by atoms with Crippen molar-refractivity contribution < 1.29 is 9.52 Å². The maximum atomic E-state index is 8.64. The van der Waals surface area contributed by atoms with Gasteiger partial charge in [-0.25, -0.2) is 4.98 Å². The second-order valence-electron chi connectivity index (χ2n) is 3.10. The van der Waals surface area contributed by atoms with Gasteiger partial charge in [-0.2, -0.15) is 0 Å². The van der Waals surface area contributed by atoms with Crippen molar-refractivity contribution >= 4 is 0 Å². The minimum Gasteiger partial charge on any atom is -0.449 e. The molecule has 1 unspecified atom stereocenters. The predicted octanol–water partition coefficient (Wildman–Crippen LogP) is 0.360. The molecule has 0 saturated carbocycles. The highest BCUT2D eigenvalue weighted by molar-refractivity contribution is 4.98. The molecule has 0 fully saturated rings. The Morgan fingerprint density at radius 3 is 3.08 bits per heavy atom. The predicted molar refractivity (Wildman–Crippen MR) is 49.5 cm³/mol. The molecule has 0 bridgehead atoms. The molecule has 0 amide bonds. The van der Waals surface area contributed by atoms with Gasteiger partial charge in [0.1, 0.15) is 6.26 Å². The maximum absolute atomic E-state index is 8.64. The summed E-state index contributed by atoms with van der Waals surface area (Å²) in [5, 5.41) is 11.8. The lowest BCUT2D eigenvalue weighted by Crippen LogP contribution is -2.23. The molecule has 0 aliphatic carbocycles. The minimum atomic E-state index is 0.0849. The molecule has 2 N–H and O–H groups in total. The molecule has 1 aromatic heterocycles. The van der Waals surface area contributed by atoms with Crippen molar-refractivity contribution in [2.75, 3.05) is 13.7 Å². The van der Waals surface area contributed by atoms with Gasteiger partial charge in [0.15, 0.2) is 5.89 Å². The second kappa shape index (κ2) is 4.99. The van der Waals surface area contributed by atoms with E-state index >= 15 is 0 Å². The SMILES string of the molecule is CNC(C)Cc1coc(CCO)n1. The molecule has 0 aliphatic rings. The number of aromatic nitrogens is 1. The van der Waals surface area contributed by atoms with Crippen LogP contribution >= 0.6 is 0 Å². The summed E-state index contributed by atoms with van der Waals surface area (Å²) in [6, 6.07) is 0.395. The van der Waals surface area contributed by atoms with Gasteiger partial charge in [-0.15, -0.1) is 0 Å². The van der Waals surface area contributed by atoms with Gasteiger partial charge in [-0.3, -0.25) is 0 Å². The Morgan fingerprint density at radius 1 is 1.69 bits per heavy atom. The molecule has 4 heteroatoms. The Morgan fingerprint density at radius 2 is 2.46 bits per heavy atom. The molecule has 4 nitrogen and oxygen atoms in total. The zero-order valence-electron chi connectivity index (χ0n) is 8.08. The fourth-order valence-corrected chi connectivity index (χ4v) is 1.07. The summed E-state index contributed by atoms with van der Waals surface area (Å²) in [6.45, 7) is 2.17. The third-order valence-electron chi connectivity index (χ3n) is 1.93. The van der Waals surface area contributed by atoms with Crippen LogP contribution in [0.3, 0.4) is 0 Å². The number of hydrogen-bond donors (Lipinski definition) is 2. The standard InChI is InChI=1S/C9H16N2O2/c1-7(10-2)5-8-6-13-9(11-8)3-4-12/h6-7,10,12H,3-5H2,1-2H3. The highest BCUT2D eigenvalue weighted by Crippen LogP contribution is 2.04. The van der Waals surface area contributed by atoms with Crippen LogP contribution in [-0.4, -0.2) is 29.8 Å². The Labute approximate surface area is 78.0 Å². The quantitative estimate of drug-likeness (QED) is 0.693. The fraction of sp³-hybridized carbons (Fsp3) is 0.667. The van der Waals surface area contributed by atoms with Gasteiger partial charge in [0, 0.05) is 18.9 Å². The van der Waals surface area contributed by atoms with Crippen molar-refractivity contribution in [1.29, 1.82) is 0 Å². The third kappa shape index (κ3) is 3.16. The molecule has 0 radical (unpaired) electrons. The lowest BCUT2D eigenvalue weighted by Gasteiger charge is -2.05. The fourth-order valence-electron chi connectivity index (χ4n) is 1.07. The molecule has 1 atom stereocenters. The van der Waals surface area contributed by atoms with Crippen LogP contribution in [0.2, 0.25) is 0 Å². The zero-order chi connectivity index (χ0) is 9.68. The lowest BCUT2D eigenvalue weighted by atomic mass is 10.2. The number of rotatable bonds is 5. The van der Waals surface area contributed by atoms with Gasteiger partial charge in [-0.05, 0) is 14.0 Å². The summed E-state index contributed by atoms with van der Waals surface area (Å²) in [6.07, 6.45) is 3.00. The van der Waals surface area contributed by atoms with Gasteiger partial charge in [-0.1, -0.05) is 0 Å². The van der Waals surface area contributed by atoms with Crippen molar-refractivity contribution in [1.82, 2.24) is 10.3 Å². The largest absolute Gasteiger partial charge is 0.449 e. The van der Waals surface area contributed by atoms with Gasteiger partial charge in [0.05, 0.1) is 12.3 Å². The molecular formula is C9H16N2O2. The highest BCUT2D eigenvalue weighted by Gasteiger charge is 2.06. The van der Waals surface area contributed by atoms with Gasteiger partial charge in [0.25, 0.3) is 0 Å². The summed E-state index contributed by atoms with van der Waals surface area (Å²) in [4.78, 5) is 4.22. The highest BCUT2D eigenvalue weighted by atomic mass is 16.3. The second-order valence-corrected chi connectivity index (χ2v) is 3.10. The minimum absolute atomic E-state index is 0.0849. The Kier molecular flexibility index (Phi) is 3.92. The maximum Gasteiger partial charge on any atom is 0.196 e. The Balaban J connectivity index is 2.48. The summed E-state index contributed by atoms with van der Waals surface area (Å²) in [7, 11) is 1.92. The average Bonchev–Trinajstić information content (AvgIpc) is 2.53. The molecule has 0 aromatic carbocycles. The van der Waals surface area contributed by atoms with E-state index in [-0.39, 0.29) is 6.61 Å². The third-order valence-corrected chi connectivity index (χ3v) is 1.93. The van der Waals surface area contributed by atoms with Crippen molar-refractivity contribution in [2.24, 2.45) is 0 Å². The van der Waals surface area contributed by atoms with Gasteiger partial charge in [0.2, 0.25) is 0 Å². The summed E-state index contributed by atoms with van der Waals surface area (Å²) in [5.74, 6) is 0.612. The Bertz CT molecular complexity index is 248. The molecule has 1 aromatic rings. The van der Waals surface area contributed by atoms with Crippen LogP contribution in [0.4, 0.5) is 0 Å². The summed E-state index contributed by atoms with van der Waals surface area (Å²) in [5.41, 5.74) is 0.935. The van der Waals surface area contributed by atoms with Crippen LogP contribution in [0.5, 0.6) is 0 Å². The monoisotopic (exact) mass is 184 g/mol. The molecule has 0 saturated heterocycles. The van der Waals surface area contributed by atoms with E-state index < -0.39 is 0 Å². The number of hydrogen-bond acceptors (Lipinski definition) is 4. The van der Waals surface area contributed by atoms with Crippen molar-refractivity contribution in [3.8, 4) is 0 Å². The molecule has 1 rings (SSSR count). The van der Waals surface area contributed by atoms with E-state index in [0.717, 1.165) is 12.1 Å². The van der Waals surface area contributed by atoms with Crippen molar-refractivity contribution in [3.05, 3.63) is 17.8 Å². The summed E-state index contributed by atoms with van der Waals surface area (Å²) >= 11 is 0. The lowest BCUT2D eigenvalue weighted by molar-refractivity contribution is 0.285. The van der Waals surface area contributed by atoms with E-state index in [1.165, 1.54) is 0 Å². The molecule has 74 valence electrons. The van der Waals surface area contributed by atoms with Crippen molar-refractivity contribution in [2.45, 2.75) is 25.8 Å². The van der Waals surface area contributed by atoms with Gasteiger partial charge >= 0.3 is 0 Å². The molecule has 13 heavy (non-hydrogen) atoms. The van der Waals surface area contributed by atoms with Crippen LogP contribution in [0, 0.1) is 0 Å². The van der Waals surface area contributed by atoms with E-state index in [1.54, 1.807) is 6.26 Å². The van der Waals surface area contributed by atoms with Crippen molar-refractivity contribution in [3.63, 3.8) is 0 Å². The molecule has 0 aliphatic heterocycles. The van der Waals surface area contributed by atoms with E-state index in [4.69, 9.17) is 9.52 Å². The number of likely N-dealkylation sites (N-methyl/N-ethyl adjacent to an activating group) is 1. The first-order valence-corrected chi connectivity index (χ1v) is 4.47. The van der Waals surface area contributed by atoms with E-state index in [9.17, 15) is 0 Å². The average molecular weight is 184 g/mol. The number of nitrogens with zero attached hydrogens (tertiary/aromatic N) is 1. The first-order chi connectivity index (χ1) is 6.26. The van der Waals surface area contributed by atoms with Crippen LogP contribution in [-0.2, 0) is 12.8 Å². The summed E-state index contributed by atoms with van der Waals surface area (Å²) < 4.78 is 5.15. The molecular weight excluding hydrogens is 168 g/mol. The van der Waals surface area contributed by atoms with E-state index in [0.29, 0.717) is 18.4 Å². The number of aliphatic hydroxyl groups is 1. The first-order valence-electron chi connectivity index (χ1n) is 4.47. The normalized spacial score (nSPS) is 13.2. The molecule has 1 heterocycles. The van der Waals surface area contributed by atoms with Crippen LogP contribution < -0.4 is 5.32 Å². The number of aliphatic hydroxyl groups excluding tert-OH is 1. The van der Waals surface area contributed by atoms with Crippen LogP contribution in [0.25, 0.3) is 0 Å². The van der Waals surface area contributed by atoms with Crippen LogP contribution in [0.1, 0.15) is 18.5 Å². The molecule has 0 spiro atoms. The first kappa shape index (κ1) is 10.2. The Hall–Kier alpha value is -0.870. The number of nitrogens with one attached hydrogen (secondary N) is 1. The topological polar surface area (TPSA) is 58.3 Å². The van der Waals surface area contributed by atoms with Crippen LogP contribution in [0.15, 0.2) is 10.7 Å². The van der Waals surface area contributed by atoms with E-state index in [2.05, 4.69) is 17.2 Å². The number of oxazole rings is 1. The zero-order valence-corrected chi connectivity index (χ0v) is 8.08.